The van der Waals surface area contributed by atoms with Gasteiger partial charge in [0.15, 0.2) is 5.88 Å². The number of allylic oxidation sites excluding steroid dienone is 2. The first-order valence-electron chi connectivity index (χ1n) is 10.7. The molecule has 28 heavy (non-hydrogen) atoms. The minimum atomic E-state index is 0.365. The summed E-state index contributed by atoms with van der Waals surface area (Å²) in [5.74, 6) is 3.93. The van der Waals surface area contributed by atoms with Crippen LogP contribution in [0.2, 0.25) is 0 Å². The lowest BCUT2D eigenvalue weighted by Gasteiger charge is -2.23. The van der Waals surface area contributed by atoms with Crippen molar-refractivity contribution in [2.24, 2.45) is 5.73 Å². The molecule has 0 spiro atoms. The molecule has 2 aliphatic rings. The minimum Gasteiger partial charge on any atom is -0.495 e. The molecule has 4 heteroatoms. The Hall–Kier alpha value is -1.84. The first kappa shape index (κ1) is 24.2. The summed E-state index contributed by atoms with van der Waals surface area (Å²) in [5, 5.41) is 0. The Labute approximate surface area is 172 Å². The van der Waals surface area contributed by atoms with E-state index in [9.17, 15) is 0 Å². The van der Waals surface area contributed by atoms with Crippen molar-refractivity contribution in [3.05, 3.63) is 45.9 Å². The predicted octanol–water partition coefficient (Wildman–Crippen LogP) is 6.70. The second kappa shape index (κ2) is 11.9. The molecule has 1 aromatic heterocycles. The van der Waals surface area contributed by atoms with Crippen molar-refractivity contribution in [1.29, 1.82) is 0 Å². The van der Waals surface area contributed by atoms with Crippen LogP contribution in [0, 0.1) is 13.8 Å². The van der Waals surface area contributed by atoms with Crippen LogP contribution in [0.3, 0.4) is 0 Å². The Morgan fingerprint density at radius 1 is 0.929 bits per heavy atom. The smallest absolute Gasteiger partial charge is 0.183 e. The fourth-order valence-electron chi connectivity index (χ4n) is 3.06. The molecule has 0 amide bonds. The summed E-state index contributed by atoms with van der Waals surface area (Å²) >= 11 is 0. The molecule has 0 saturated carbocycles. The third kappa shape index (κ3) is 7.65. The van der Waals surface area contributed by atoms with Gasteiger partial charge in [0.1, 0.15) is 23.7 Å². The van der Waals surface area contributed by atoms with E-state index in [-0.39, 0.29) is 0 Å². The van der Waals surface area contributed by atoms with Crippen molar-refractivity contribution in [1.82, 2.24) is 0 Å². The van der Waals surface area contributed by atoms with Crippen molar-refractivity contribution < 1.29 is 13.9 Å². The van der Waals surface area contributed by atoms with E-state index in [1.807, 2.05) is 20.8 Å². The Balaban J connectivity index is 0.000000210. The van der Waals surface area contributed by atoms with Crippen LogP contribution < -0.4 is 5.73 Å². The van der Waals surface area contributed by atoms with E-state index < -0.39 is 0 Å². The van der Waals surface area contributed by atoms with E-state index in [1.165, 1.54) is 16.7 Å². The summed E-state index contributed by atoms with van der Waals surface area (Å²) in [6.07, 6.45) is 7.40. The van der Waals surface area contributed by atoms with Gasteiger partial charge in [-0.2, -0.15) is 0 Å². The van der Waals surface area contributed by atoms with Crippen molar-refractivity contribution in [2.75, 3.05) is 0 Å². The molecule has 0 radical (unpaired) electrons. The summed E-state index contributed by atoms with van der Waals surface area (Å²) in [6.45, 7) is 16.7. The fourth-order valence-corrected chi connectivity index (χ4v) is 3.06. The maximum absolute atomic E-state index is 5.60. The van der Waals surface area contributed by atoms with Crippen LogP contribution in [0.15, 0.2) is 33.3 Å². The lowest BCUT2D eigenvalue weighted by molar-refractivity contribution is 0.0857. The quantitative estimate of drug-likeness (QED) is 0.622. The van der Waals surface area contributed by atoms with Gasteiger partial charge >= 0.3 is 0 Å². The van der Waals surface area contributed by atoms with E-state index in [0.29, 0.717) is 18.1 Å². The van der Waals surface area contributed by atoms with E-state index in [2.05, 4.69) is 40.7 Å². The highest BCUT2D eigenvalue weighted by Crippen LogP contribution is 2.25. The van der Waals surface area contributed by atoms with Gasteiger partial charge in [0.25, 0.3) is 0 Å². The summed E-state index contributed by atoms with van der Waals surface area (Å²) < 4.78 is 16.3. The zero-order valence-corrected chi connectivity index (χ0v) is 19.3. The molecular weight excluding hydrogens is 350 g/mol. The second-order valence-electron chi connectivity index (χ2n) is 7.83. The molecule has 0 saturated heterocycles. The Morgan fingerprint density at radius 3 is 1.89 bits per heavy atom. The summed E-state index contributed by atoms with van der Waals surface area (Å²) in [7, 11) is 0. The molecule has 2 atom stereocenters. The fraction of sp³-hybridized carbons (Fsp3) is 0.667. The molecule has 4 nitrogen and oxygen atoms in total. The molecule has 160 valence electrons. The SMILES string of the molecule is CCC1CC(C)=C(C)O1.CCC1CCC(C)=C(N)O1.CCc1cc(C)c(C)o1. The normalized spacial score (nSPS) is 21.3. The third-order valence-corrected chi connectivity index (χ3v) is 5.51. The van der Waals surface area contributed by atoms with Gasteiger partial charge in [-0.1, -0.05) is 20.8 Å². The molecule has 0 bridgehead atoms. The van der Waals surface area contributed by atoms with Crippen LogP contribution in [0.25, 0.3) is 0 Å². The second-order valence-corrected chi connectivity index (χ2v) is 7.83. The van der Waals surface area contributed by atoms with Crippen molar-refractivity contribution in [3.8, 4) is 0 Å². The van der Waals surface area contributed by atoms with Gasteiger partial charge in [0.05, 0.1) is 5.76 Å². The average Bonchev–Trinajstić information content (AvgIpc) is 3.19. The molecular formula is C24H41NO3. The molecule has 3 heterocycles. The number of hydrogen-bond acceptors (Lipinski definition) is 4. The van der Waals surface area contributed by atoms with Crippen LogP contribution in [-0.2, 0) is 15.9 Å². The number of rotatable bonds is 3. The lowest BCUT2D eigenvalue weighted by atomic mass is 10.0. The van der Waals surface area contributed by atoms with E-state index >= 15 is 0 Å². The third-order valence-electron chi connectivity index (χ3n) is 5.51. The van der Waals surface area contributed by atoms with Gasteiger partial charge in [0, 0.05) is 12.8 Å². The van der Waals surface area contributed by atoms with Crippen LogP contribution >= 0.6 is 0 Å². The van der Waals surface area contributed by atoms with Crippen LogP contribution in [0.1, 0.15) is 90.7 Å². The zero-order chi connectivity index (χ0) is 21.3. The lowest BCUT2D eigenvalue weighted by Crippen LogP contribution is -2.21. The van der Waals surface area contributed by atoms with E-state index in [4.69, 9.17) is 19.6 Å². The van der Waals surface area contributed by atoms with Gasteiger partial charge in [-0.05, 0) is 83.1 Å². The number of hydrogen-bond donors (Lipinski definition) is 1. The van der Waals surface area contributed by atoms with E-state index in [0.717, 1.165) is 55.8 Å². The molecule has 0 fully saturated rings. The number of aryl methyl sites for hydroxylation is 3. The Morgan fingerprint density at radius 2 is 1.57 bits per heavy atom. The van der Waals surface area contributed by atoms with Gasteiger partial charge in [-0.3, -0.25) is 0 Å². The number of ether oxygens (including phenoxy) is 2. The monoisotopic (exact) mass is 391 g/mol. The van der Waals surface area contributed by atoms with Gasteiger partial charge in [-0.15, -0.1) is 0 Å². The Bertz CT molecular complexity index is 636. The highest BCUT2D eigenvalue weighted by Gasteiger charge is 2.17. The Kier molecular flexibility index (Phi) is 10.3. The van der Waals surface area contributed by atoms with Crippen molar-refractivity contribution in [2.45, 2.75) is 106 Å². The summed E-state index contributed by atoms with van der Waals surface area (Å²) in [5.41, 5.74) is 9.48. The van der Waals surface area contributed by atoms with Crippen LogP contribution in [0.4, 0.5) is 0 Å². The van der Waals surface area contributed by atoms with Crippen LogP contribution in [-0.4, -0.2) is 12.2 Å². The summed E-state index contributed by atoms with van der Waals surface area (Å²) in [6, 6.07) is 2.09. The van der Waals surface area contributed by atoms with Crippen molar-refractivity contribution in [3.63, 3.8) is 0 Å². The van der Waals surface area contributed by atoms with Crippen LogP contribution in [0.5, 0.6) is 0 Å². The topological polar surface area (TPSA) is 57.6 Å². The molecule has 0 aliphatic carbocycles. The number of furan rings is 1. The summed E-state index contributed by atoms with van der Waals surface area (Å²) in [4.78, 5) is 0. The van der Waals surface area contributed by atoms with Crippen molar-refractivity contribution >= 4 is 0 Å². The molecule has 2 N–H and O–H groups in total. The number of nitrogens with two attached hydrogens (primary N) is 1. The maximum atomic E-state index is 5.60. The first-order valence-corrected chi connectivity index (χ1v) is 10.7. The minimum absolute atomic E-state index is 0.365. The first-order chi connectivity index (χ1) is 13.2. The zero-order valence-electron chi connectivity index (χ0n) is 19.3. The van der Waals surface area contributed by atoms with Gasteiger partial charge < -0.3 is 19.6 Å². The van der Waals surface area contributed by atoms with Gasteiger partial charge in [-0.25, -0.2) is 0 Å². The standard InChI is InChI=1S/C8H15NO.C8H14O.C8H12O/c1-3-7-5-4-6(2)8(9)10-7;2*1-4-8-5-6(2)7(3)9-8/h7H,3-5,9H2,1-2H3;8H,4-5H2,1-3H3;5H,4H2,1-3H3. The van der Waals surface area contributed by atoms with Gasteiger partial charge in [0.2, 0.25) is 0 Å². The maximum Gasteiger partial charge on any atom is 0.183 e. The molecule has 1 aromatic rings. The average molecular weight is 392 g/mol. The molecule has 0 aromatic carbocycles. The largest absolute Gasteiger partial charge is 0.495 e. The molecule has 3 rings (SSSR count). The molecule has 2 unspecified atom stereocenters. The predicted molar refractivity (Wildman–Crippen MR) is 117 cm³/mol. The highest BCUT2D eigenvalue weighted by atomic mass is 16.5. The molecule has 2 aliphatic heterocycles. The highest BCUT2D eigenvalue weighted by molar-refractivity contribution is 5.18. The van der Waals surface area contributed by atoms with E-state index in [1.54, 1.807) is 0 Å².